The number of furan rings is 2. The molecule has 4 aromatic heterocycles. The number of thiophene rings is 1. The summed E-state index contributed by atoms with van der Waals surface area (Å²) in [6.45, 7) is 0. The molecule has 13 rings (SSSR count). The normalized spacial score (nSPS) is 11.8. The fourth-order valence-corrected chi connectivity index (χ4v) is 10.5. The molecule has 0 N–H and O–H groups in total. The zero-order valence-electron chi connectivity index (χ0n) is 33.7. The van der Waals surface area contributed by atoms with Crippen molar-refractivity contribution in [1.29, 1.82) is 0 Å². The Hall–Kier alpha value is -8.12. The van der Waals surface area contributed by atoms with Crippen molar-refractivity contribution in [3.8, 4) is 67.3 Å². The molecule has 0 radical (unpaired) electrons. The number of hydrogen-bond donors (Lipinski definition) is 0. The summed E-state index contributed by atoms with van der Waals surface area (Å²) in [5.41, 5.74) is 14.4. The highest BCUT2D eigenvalue weighted by Crippen LogP contribution is 2.43. The van der Waals surface area contributed by atoms with E-state index in [1.54, 1.807) is 0 Å². The number of nitrogens with zero attached hydrogens (tertiary/aromatic N) is 2. The Kier molecular flexibility index (Phi) is 8.05. The lowest BCUT2D eigenvalue weighted by Gasteiger charge is -2.14. The average molecular weight is 823 g/mol. The van der Waals surface area contributed by atoms with Gasteiger partial charge in [-0.15, -0.1) is 11.3 Å². The molecular weight excluding hydrogens is 789 g/mol. The lowest BCUT2D eigenvalue weighted by Crippen LogP contribution is -1.97. The third-order valence-electron chi connectivity index (χ3n) is 12.3. The van der Waals surface area contributed by atoms with Crippen LogP contribution in [-0.4, -0.2) is 9.97 Å². The molecule has 0 aliphatic heterocycles. The number of rotatable bonds is 6. The average Bonchev–Trinajstić information content (AvgIpc) is 4.06. The number of para-hydroxylation sites is 4. The van der Waals surface area contributed by atoms with Crippen LogP contribution in [0.15, 0.2) is 215 Å². The minimum atomic E-state index is 0.627. The van der Waals surface area contributed by atoms with Gasteiger partial charge in [0, 0.05) is 69.5 Å². The van der Waals surface area contributed by atoms with E-state index in [2.05, 4.69) is 176 Å². The van der Waals surface area contributed by atoms with Gasteiger partial charge < -0.3 is 8.83 Å². The van der Waals surface area contributed by atoms with Gasteiger partial charge in [0.15, 0.2) is 5.82 Å². The maximum Gasteiger partial charge on any atom is 0.160 e. The van der Waals surface area contributed by atoms with Crippen LogP contribution in [0.5, 0.6) is 0 Å². The Bertz CT molecular complexity index is 3780. The number of aromatic nitrogens is 2. The summed E-state index contributed by atoms with van der Waals surface area (Å²) in [6, 6.07) is 72.5. The van der Waals surface area contributed by atoms with Gasteiger partial charge in [-0.2, -0.15) is 0 Å². The zero-order valence-corrected chi connectivity index (χ0v) is 34.6. The van der Waals surface area contributed by atoms with Crippen molar-refractivity contribution in [2.75, 3.05) is 0 Å². The second kappa shape index (κ2) is 14.2. The molecule has 0 bridgehead atoms. The highest BCUT2D eigenvalue weighted by molar-refractivity contribution is 7.26. The highest BCUT2D eigenvalue weighted by Gasteiger charge is 2.20. The molecule has 63 heavy (non-hydrogen) atoms. The van der Waals surface area contributed by atoms with Crippen molar-refractivity contribution < 1.29 is 8.83 Å². The summed E-state index contributed by atoms with van der Waals surface area (Å²) < 4.78 is 15.8. The molecular formula is C58H34N2O2S. The monoisotopic (exact) mass is 822 g/mol. The Morgan fingerprint density at radius 1 is 0.317 bits per heavy atom. The molecule has 0 saturated carbocycles. The Morgan fingerprint density at radius 3 is 1.43 bits per heavy atom. The lowest BCUT2D eigenvalue weighted by atomic mass is 9.93. The lowest BCUT2D eigenvalue weighted by molar-refractivity contribution is 0.670. The van der Waals surface area contributed by atoms with E-state index in [4.69, 9.17) is 18.8 Å². The maximum absolute atomic E-state index is 6.62. The van der Waals surface area contributed by atoms with Crippen LogP contribution in [0.2, 0.25) is 0 Å². The molecule has 4 nitrogen and oxygen atoms in total. The summed E-state index contributed by atoms with van der Waals surface area (Å²) in [6.07, 6.45) is 0. The standard InChI is InChI=1S/C58H34N2O2S/c1-2-13-36(14-3-1)50-34-51(37-29-27-35(28-30-37)43-20-12-23-49-46-17-6-9-26-54(46)63-57(43)49)60-58(59-50)40-32-38(41-18-10-21-47-44-15-4-7-24-52(44)61-55(41)47)31-39(33-40)42-19-11-22-48-45-16-5-8-25-53(45)62-56(42)48/h1-34H. The van der Waals surface area contributed by atoms with Crippen LogP contribution in [0.25, 0.3) is 131 Å². The zero-order chi connectivity index (χ0) is 41.4. The first-order chi connectivity index (χ1) is 31.2. The predicted molar refractivity (Wildman–Crippen MR) is 262 cm³/mol. The molecule has 13 aromatic rings. The van der Waals surface area contributed by atoms with Gasteiger partial charge in [-0.25, -0.2) is 9.97 Å². The van der Waals surface area contributed by atoms with Gasteiger partial charge in [0.05, 0.1) is 11.4 Å². The molecule has 0 atom stereocenters. The minimum absolute atomic E-state index is 0.627. The van der Waals surface area contributed by atoms with Gasteiger partial charge >= 0.3 is 0 Å². The van der Waals surface area contributed by atoms with Crippen molar-refractivity contribution in [3.05, 3.63) is 206 Å². The quantitative estimate of drug-likeness (QED) is 0.168. The predicted octanol–water partition coefficient (Wildman–Crippen LogP) is 16.6. The van der Waals surface area contributed by atoms with E-state index in [1.807, 2.05) is 41.7 Å². The van der Waals surface area contributed by atoms with Crippen LogP contribution < -0.4 is 0 Å². The van der Waals surface area contributed by atoms with Crippen LogP contribution in [0.1, 0.15) is 0 Å². The molecule has 0 amide bonds. The first kappa shape index (κ1) is 35.6. The molecule has 4 heterocycles. The van der Waals surface area contributed by atoms with E-state index in [1.165, 1.54) is 31.3 Å². The first-order valence-corrected chi connectivity index (χ1v) is 21.9. The smallest absolute Gasteiger partial charge is 0.160 e. The summed E-state index contributed by atoms with van der Waals surface area (Å²) in [5.74, 6) is 0.627. The number of benzene rings is 9. The Labute approximate surface area is 366 Å². The van der Waals surface area contributed by atoms with Crippen molar-refractivity contribution in [3.63, 3.8) is 0 Å². The van der Waals surface area contributed by atoms with Crippen LogP contribution in [-0.2, 0) is 0 Å². The molecule has 0 unspecified atom stereocenters. The van der Waals surface area contributed by atoms with Gasteiger partial charge in [-0.05, 0) is 64.7 Å². The fourth-order valence-electron chi connectivity index (χ4n) is 9.29. The fraction of sp³-hybridized carbons (Fsp3) is 0. The summed E-state index contributed by atoms with van der Waals surface area (Å²) in [7, 11) is 0. The first-order valence-electron chi connectivity index (χ1n) is 21.1. The van der Waals surface area contributed by atoms with Crippen molar-refractivity contribution in [2.24, 2.45) is 0 Å². The number of fused-ring (bicyclic) bond motifs is 9. The summed E-state index contributed by atoms with van der Waals surface area (Å²) >= 11 is 1.85. The molecule has 0 aliphatic rings. The molecule has 9 aromatic carbocycles. The molecule has 294 valence electrons. The molecule has 0 fully saturated rings. The highest BCUT2D eigenvalue weighted by atomic mass is 32.1. The van der Waals surface area contributed by atoms with Crippen LogP contribution in [0.4, 0.5) is 0 Å². The van der Waals surface area contributed by atoms with E-state index in [0.29, 0.717) is 5.82 Å². The summed E-state index contributed by atoms with van der Waals surface area (Å²) in [5, 5.41) is 6.92. The van der Waals surface area contributed by atoms with E-state index in [-0.39, 0.29) is 0 Å². The van der Waals surface area contributed by atoms with Gasteiger partial charge in [-0.1, -0.05) is 164 Å². The Balaban J connectivity index is 1.01. The van der Waals surface area contributed by atoms with E-state index >= 15 is 0 Å². The van der Waals surface area contributed by atoms with E-state index in [9.17, 15) is 0 Å². The SMILES string of the molecule is c1ccc(-c2cc(-c3ccc(-c4cccc5c4sc4ccccc45)cc3)nc(-c3cc(-c4cccc5c4oc4ccccc45)cc(-c4cccc5c4oc4ccccc45)c3)n2)cc1. The third-order valence-corrected chi connectivity index (χ3v) is 13.5. The van der Waals surface area contributed by atoms with Crippen LogP contribution in [0, 0.1) is 0 Å². The maximum atomic E-state index is 6.62. The minimum Gasteiger partial charge on any atom is -0.455 e. The largest absolute Gasteiger partial charge is 0.455 e. The summed E-state index contributed by atoms with van der Waals surface area (Å²) in [4.78, 5) is 10.7. The van der Waals surface area contributed by atoms with E-state index < -0.39 is 0 Å². The number of hydrogen-bond acceptors (Lipinski definition) is 5. The van der Waals surface area contributed by atoms with Crippen molar-refractivity contribution in [2.45, 2.75) is 0 Å². The van der Waals surface area contributed by atoms with Gasteiger partial charge in [0.2, 0.25) is 0 Å². The third kappa shape index (κ3) is 5.89. The van der Waals surface area contributed by atoms with Crippen LogP contribution in [0.3, 0.4) is 0 Å². The molecule has 0 spiro atoms. The second-order valence-electron chi connectivity index (χ2n) is 16.0. The van der Waals surface area contributed by atoms with Gasteiger partial charge in [0.1, 0.15) is 22.3 Å². The van der Waals surface area contributed by atoms with Crippen molar-refractivity contribution in [1.82, 2.24) is 9.97 Å². The van der Waals surface area contributed by atoms with Gasteiger partial charge in [0.25, 0.3) is 0 Å². The topological polar surface area (TPSA) is 52.1 Å². The molecule has 5 heteroatoms. The Morgan fingerprint density at radius 2 is 0.794 bits per heavy atom. The molecule has 0 saturated heterocycles. The van der Waals surface area contributed by atoms with Crippen molar-refractivity contribution >= 4 is 75.4 Å². The van der Waals surface area contributed by atoms with Crippen LogP contribution >= 0.6 is 11.3 Å². The van der Waals surface area contributed by atoms with E-state index in [0.717, 1.165) is 94.2 Å². The van der Waals surface area contributed by atoms with Gasteiger partial charge in [-0.3, -0.25) is 0 Å². The second-order valence-corrected chi connectivity index (χ2v) is 17.1. The molecule has 0 aliphatic carbocycles.